The number of rotatable bonds is 4. The fourth-order valence-electron chi connectivity index (χ4n) is 2.39. The maximum absolute atomic E-state index is 13.9. The van der Waals surface area contributed by atoms with Crippen molar-refractivity contribution in [2.24, 2.45) is 0 Å². The summed E-state index contributed by atoms with van der Waals surface area (Å²) in [7, 11) is 0. The predicted molar refractivity (Wildman–Crippen MR) is 76.6 cm³/mol. The highest BCUT2D eigenvalue weighted by Gasteiger charge is 2.28. The molecular weight excluding hydrogens is 290 g/mol. The van der Waals surface area contributed by atoms with Crippen LogP contribution in [-0.2, 0) is 4.74 Å². The molecule has 1 fully saturated rings. The maximum Gasteiger partial charge on any atom is 0.168 e. The summed E-state index contributed by atoms with van der Waals surface area (Å²) in [5.74, 6) is -1.39. The Morgan fingerprint density at radius 1 is 1.32 bits per heavy atom. The lowest BCUT2D eigenvalue weighted by atomic mass is 10.1. The van der Waals surface area contributed by atoms with Crippen LogP contribution in [0.1, 0.15) is 11.7 Å². The molecule has 0 aliphatic carbocycles. The van der Waals surface area contributed by atoms with Gasteiger partial charge in [-0.25, -0.2) is 8.78 Å². The summed E-state index contributed by atoms with van der Waals surface area (Å²) in [4.78, 5) is 4.07. The van der Waals surface area contributed by atoms with E-state index in [1.54, 1.807) is 18.5 Å². The highest BCUT2D eigenvalue weighted by atomic mass is 19.1. The minimum Gasteiger partial charge on any atom is -0.480 e. The van der Waals surface area contributed by atoms with Gasteiger partial charge in [-0.15, -0.1) is 0 Å². The SMILES string of the molecule is Fc1ccc(OC(c2cccnc2)[C@H]2CNCCO2)c(F)c1. The molecule has 0 amide bonds. The quantitative estimate of drug-likeness (QED) is 0.942. The van der Waals surface area contributed by atoms with Crippen molar-refractivity contribution < 1.29 is 18.3 Å². The molecule has 1 aliphatic heterocycles. The second-order valence-corrected chi connectivity index (χ2v) is 5.01. The Kier molecular flexibility index (Phi) is 4.60. The van der Waals surface area contributed by atoms with Gasteiger partial charge < -0.3 is 14.8 Å². The summed E-state index contributed by atoms with van der Waals surface area (Å²) >= 11 is 0. The first-order valence-corrected chi connectivity index (χ1v) is 7.08. The highest BCUT2D eigenvalue weighted by Crippen LogP contribution is 2.29. The van der Waals surface area contributed by atoms with E-state index in [9.17, 15) is 8.78 Å². The van der Waals surface area contributed by atoms with E-state index in [0.717, 1.165) is 18.2 Å². The van der Waals surface area contributed by atoms with Gasteiger partial charge in [0, 0.05) is 37.1 Å². The summed E-state index contributed by atoms with van der Waals surface area (Å²) in [6.45, 7) is 1.90. The molecule has 3 rings (SSSR count). The van der Waals surface area contributed by atoms with Gasteiger partial charge in [-0.1, -0.05) is 6.07 Å². The van der Waals surface area contributed by atoms with Gasteiger partial charge in [0.25, 0.3) is 0 Å². The van der Waals surface area contributed by atoms with E-state index in [2.05, 4.69) is 10.3 Å². The van der Waals surface area contributed by atoms with Gasteiger partial charge >= 0.3 is 0 Å². The van der Waals surface area contributed by atoms with Gasteiger partial charge in [0.15, 0.2) is 17.7 Å². The van der Waals surface area contributed by atoms with Gasteiger partial charge in [0.1, 0.15) is 11.9 Å². The lowest BCUT2D eigenvalue weighted by molar-refractivity contribution is -0.0443. The van der Waals surface area contributed by atoms with Crippen LogP contribution in [0.3, 0.4) is 0 Å². The van der Waals surface area contributed by atoms with Crippen molar-refractivity contribution in [3.63, 3.8) is 0 Å². The number of pyridine rings is 1. The lowest BCUT2D eigenvalue weighted by Gasteiger charge is -2.31. The molecule has 1 aromatic heterocycles. The number of hydrogen-bond acceptors (Lipinski definition) is 4. The molecule has 2 atom stereocenters. The van der Waals surface area contributed by atoms with Crippen molar-refractivity contribution in [2.75, 3.05) is 19.7 Å². The molecule has 0 radical (unpaired) electrons. The Morgan fingerprint density at radius 2 is 2.23 bits per heavy atom. The molecule has 2 heterocycles. The Labute approximate surface area is 127 Å². The van der Waals surface area contributed by atoms with E-state index in [-0.39, 0.29) is 11.9 Å². The monoisotopic (exact) mass is 306 g/mol. The van der Waals surface area contributed by atoms with Crippen molar-refractivity contribution in [1.82, 2.24) is 10.3 Å². The number of benzene rings is 1. The van der Waals surface area contributed by atoms with Crippen molar-refractivity contribution in [1.29, 1.82) is 0 Å². The molecule has 4 nitrogen and oxygen atoms in total. The fraction of sp³-hybridized carbons (Fsp3) is 0.312. The summed E-state index contributed by atoms with van der Waals surface area (Å²) in [5.41, 5.74) is 0.778. The molecule has 6 heteroatoms. The molecule has 1 saturated heterocycles. The fourth-order valence-corrected chi connectivity index (χ4v) is 2.39. The third-order valence-electron chi connectivity index (χ3n) is 3.45. The second kappa shape index (κ2) is 6.81. The van der Waals surface area contributed by atoms with Crippen LogP contribution < -0.4 is 10.1 Å². The summed E-state index contributed by atoms with van der Waals surface area (Å²) in [6, 6.07) is 6.87. The van der Waals surface area contributed by atoms with E-state index < -0.39 is 17.7 Å². The van der Waals surface area contributed by atoms with Crippen LogP contribution in [0.25, 0.3) is 0 Å². The topological polar surface area (TPSA) is 43.4 Å². The van der Waals surface area contributed by atoms with E-state index in [1.165, 1.54) is 12.1 Å². The number of morpholine rings is 1. The van der Waals surface area contributed by atoms with Crippen LogP contribution in [0, 0.1) is 11.6 Å². The molecular formula is C16H16F2N2O2. The number of nitrogens with zero attached hydrogens (tertiary/aromatic N) is 1. The molecule has 2 aromatic rings. The molecule has 22 heavy (non-hydrogen) atoms. The molecule has 116 valence electrons. The van der Waals surface area contributed by atoms with Gasteiger partial charge in [-0.2, -0.15) is 0 Å². The van der Waals surface area contributed by atoms with E-state index >= 15 is 0 Å². The van der Waals surface area contributed by atoms with Crippen LogP contribution in [0.2, 0.25) is 0 Å². The van der Waals surface area contributed by atoms with E-state index in [4.69, 9.17) is 9.47 Å². The van der Waals surface area contributed by atoms with E-state index in [0.29, 0.717) is 13.2 Å². The van der Waals surface area contributed by atoms with Crippen molar-refractivity contribution in [3.05, 3.63) is 59.9 Å². The number of aromatic nitrogens is 1. The molecule has 0 saturated carbocycles. The average Bonchev–Trinajstić information content (AvgIpc) is 2.56. The normalized spacial score (nSPS) is 19.6. The van der Waals surface area contributed by atoms with Crippen LogP contribution in [0.4, 0.5) is 8.78 Å². The number of ether oxygens (including phenoxy) is 2. The van der Waals surface area contributed by atoms with Crippen LogP contribution in [0.5, 0.6) is 5.75 Å². The van der Waals surface area contributed by atoms with Gasteiger partial charge in [0.2, 0.25) is 0 Å². The molecule has 1 aliphatic rings. The van der Waals surface area contributed by atoms with Crippen LogP contribution >= 0.6 is 0 Å². The highest BCUT2D eigenvalue weighted by molar-refractivity contribution is 5.27. The summed E-state index contributed by atoms with van der Waals surface area (Å²) in [6.07, 6.45) is 2.51. The number of nitrogens with one attached hydrogen (secondary N) is 1. The molecule has 1 unspecified atom stereocenters. The first-order chi connectivity index (χ1) is 10.7. The standard InChI is InChI=1S/C16H16F2N2O2/c17-12-3-4-14(13(18)8-12)22-16(11-2-1-5-19-9-11)15-10-20-6-7-21-15/h1-5,8-9,15-16,20H,6-7,10H2/t15-,16?/m1/s1. The first-order valence-electron chi connectivity index (χ1n) is 7.08. The minimum absolute atomic E-state index is 0.00979. The zero-order chi connectivity index (χ0) is 15.4. The van der Waals surface area contributed by atoms with Crippen molar-refractivity contribution in [2.45, 2.75) is 12.2 Å². The summed E-state index contributed by atoms with van der Waals surface area (Å²) < 4.78 is 38.4. The number of halogens is 2. The second-order valence-electron chi connectivity index (χ2n) is 5.01. The minimum atomic E-state index is -0.738. The van der Waals surface area contributed by atoms with Gasteiger partial charge in [0.05, 0.1) is 6.61 Å². The van der Waals surface area contributed by atoms with Gasteiger partial charge in [-0.3, -0.25) is 4.98 Å². The summed E-state index contributed by atoms with van der Waals surface area (Å²) in [5, 5.41) is 3.22. The molecule has 0 bridgehead atoms. The number of hydrogen-bond donors (Lipinski definition) is 1. The lowest BCUT2D eigenvalue weighted by Crippen LogP contribution is -2.43. The van der Waals surface area contributed by atoms with Crippen LogP contribution in [0.15, 0.2) is 42.7 Å². The Morgan fingerprint density at radius 3 is 2.91 bits per heavy atom. The smallest absolute Gasteiger partial charge is 0.168 e. The maximum atomic E-state index is 13.9. The van der Waals surface area contributed by atoms with Crippen LogP contribution in [-0.4, -0.2) is 30.8 Å². The molecule has 1 aromatic carbocycles. The molecule has 0 spiro atoms. The third-order valence-corrected chi connectivity index (χ3v) is 3.45. The third kappa shape index (κ3) is 3.40. The largest absolute Gasteiger partial charge is 0.480 e. The van der Waals surface area contributed by atoms with Crippen molar-refractivity contribution in [3.8, 4) is 5.75 Å². The average molecular weight is 306 g/mol. The zero-order valence-corrected chi connectivity index (χ0v) is 11.8. The zero-order valence-electron chi connectivity index (χ0n) is 11.8. The molecule has 1 N–H and O–H groups in total. The van der Waals surface area contributed by atoms with Crippen molar-refractivity contribution >= 4 is 0 Å². The van der Waals surface area contributed by atoms with E-state index in [1.807, 2.05) is 6.07 Å². The van der Waals surface area contributed by atoms with Gasteiger partial charge in [-0.05, 0) is 18.2 Å². The Balaban J connectivity index is 1.87. The first kappa shape index (κ1) is 14.9. The predicted octanol–water partition coefficient (Wildman–Crippen LogP) is 2.47. The Bertz CT molecular complexity index is 619. The Hall–Kier alpha value is -2.05.